The third-order valence-corrected chi connectivity index (χ3v) is 11.1. The molecule has 0 amide bonds. The highest BCUT2D eigenvalue weighted by Crippen LogP contribution is 2.55. The number of nitrogens with zero attached hydrogens (tertiary/aromatic N) is 1. The van der Waals surface area contributed by atoms with Crippen molar-refractivity contribution in [3.05, 3.63) is 186 Å². The van der Waals surface area contributed by atoms with Crippen molar-refractivity contribution in [3.8, 4) is 44.5 Å². The Morgan fingerprint density at radius 3 is 1.43 bits per heavy atom. The van der Waals surface area contributed by atoms with Crippen molar-refractivity contribution in [1.82, 2.24) is 0 Å². The number of benzene rings is 7. The second-order valence-corrected chi connectivity index (χ2v) is 14.6. The van der Waals surface area contributed by atoms with Crippen molar-refractivity contribution in [2.24, 2.45) is 0 Å². The molecule has 0 fully saturated rings. The Morgan fingerprint density at radius 2 is 0.796 bits per heavy atom. The van der Waals surface area contributed by atoms with Gasteiger partial charge in [0.2, 0.25) is 0 Å². The standard InChI is InChI=1S/C48H39N/c1-47(2)42-21-13-11-19-37(42)39-28-27-36(29-44(39)47)49(35-25-23-33(24-26-35)32-15-7-5-8-16-32)46-31-45-41(30-40(46)34-17-9-6-10-18-34)38-20-12-14-22-43(38)48(45,3)4/h5-31H,1-4H3. The summed E-state index contributed by atoms with van der Waals surface area (Å²) in [6.07, 6.45) is 0. The highest BCUT2D eigenvalue weighted by atomic mass is 15.1. The van der Waals surface area contributed by atoms with Gasteiger partial charge in [-0.1, -0.05) is 155 Å². The summed E-state index contributed by atoms with van der Waals surface area (Å²) in [6, 6.07) is 60.6. The van der Waals surface area contributed by atoms with E-state index in [1.807, 2.05) is 0 Å². The Labute approximate surface area is 290 Å². The smallest absolute Gasteiger partial charge is 0.0543 e. The van der Waals surface area contributed by atoms with Crippen molar-refractivity contribution in [2.75, 3.05) is 4.90 Å². The first-order chi connectivity index (χ1) is 23.8. The second kappa shape index (κ2) is 10.9. The normalized spacial score (nSPS) is 14.4. The number of rotatable bonds is 5. The Bertz CT molecular complexity index is 2360. The molecule has 1 nitrogen and oxygen atoms in total. The molecule has 49 heavy (non-hydrogen) atoms. The highest BCUT2D eigenvalue weighted by Gasteiger charge is 2.38. The van der Waals surface area contributed by atoms with Crippen LogP contribution in [0.2, 0.25) is 0 Å². The molecule has 2 aliphatic carbocycles. The van der Waals surface area contributed by atoms with E-state index in [2.05, 4.69) is 196 Å². The van der Waals surface area contributed by atoms with Gasteiger partial charge in [-0.2, -0.15) is 0 Å². The van der Waals surface area contributed by atoms with Gasteiger partial charge in [0.05, 0.1) is 5.69 Å². The minimum absolute atomic E-state index is 0.103. The Morgan fingerprint density at radius 1 is 0.327 bits per heavy atom. The van der Waals surface area contributed by atoms with E-state index in [9.17, 15) is 0 Å². The van der Waals surface area contributed by atoms with Crippen molar-refractivity contribution in [2.45, 2.75) is 38.5 Å². The molecule has 9 rings (SSSR count). The number of hydrogen-bond acceptors (Lipinski definition) is 1. The van der Waals surface area contributed by atoms with Gasteiger partial charge < -0.3 is 4.90 Å². The summed E-state index contributed by atoms with van der Waals surface area (Å²) in [6.45, 7) is 9.48. The molecule has 0 heterocycles. The van der Waals surface area contributed by atoms with Crippen molar-refractivity contribution in [1.29, 1.82) is 0 Å². The number of fused-ring (bicyclic) bond motifs is 6. The molecule has 0 saturated heterocycles. The molecule has 0 N–H and O–H groups in total. The van der Waals surface area contributed by atoms with E-state index < -0.39 is 0 Å². The summed E-state index contributed by atoms with van der Waals surface area (Å²) in [5, 5.41) is 0. The van der Waals surface area contributed by atoms with Gasteiger partial charge in [0.1, 0.15) is 0 Å². The fourth-order valence-corrected chi connectivity index (χ4v) is 8.46. The van der Waals surface area contributed by atoms with E-state index >= 15 is 0 Å². The first-order valence-electron chi connectivity index (χ1n) is 17.4. The molecule has 0 spiro atoms. The summed E-state index contributed by atoms with van der Waals surface area (Å²) in [4.78, 5) is 2.50. The lowest BCUT2D eigenvalue weighted by atomic mass is 9.81. The molecule has 2 aliphatic rings. The molecule has 0 atom stereocenters. The zero-order valence-corrected chi connectivity index (χ0v) is 28.5. The van der Waals surface area contributed by atoms with Crippen LogP contribution in [0.4, 0.5) is 17.1 Å². The molecule has 7 aromatic rings. The lowest BCUT2D eigenvalue weighted by Gasteiger charge is -2.31. The first kappa shape index (κ1) is 29.5. The Hall–Kier alpha value is -5.66. The Balaban J connectivity index is 1.30. The van der Waals surface area contributed by atoms with Crippen LogP contribution in [0.25, 0.3) is 44.5 Å². The van der Waals surface area contributed by atoms with Crippen LogP contribution in [-0.2, 0) is 10.8 Å². The molecule has 0 aliphatic heterocycles. The molecule has 0 unspecified atom stereocenters. The molecule has 0 radical (unpaired) electrons. The van der Waals surface area contributed by atoms with Gasteiger partial charge in [0, 0.05) is 27.8 Å². The van der Waals surface area contributed by atoms with Gasteiger partial charge in [-0.15, -0.1) is 0 Å². The van der Waals surface area contributed by atoms with Gasteiger partial charge >= 0.3 is 0 Å². The lowest BCUT2D eigenvalue weighted by molar-refractivity contribution is 0.660. The topological polar surface area (TPSA) is 3.24 Å². The van der Waals surface area contributed by atoms with Gasteiger partial charge in [-0.3, -0.25) is 0 Å². The highest BCUT2D eigenvalue weighted by molar-refractivity contribution is 5.95. The van der Waals surface area contributed by atoms with Gasteiger partial charge in [0.15, 0.2) is 0 Å². The van der Waals surface area contributed by atoms with E-state index in [1.54, 1.807) is 0 Å². The molecule has 1 heteroatoms. The van der Waals surface area contributed by atoms with E-state index in [-0.39, 0.29) is 10.8 Å². The number of anilines is 3. The molecule has 236 valence electrons. The van der Waals surface area contributed by atoms with Gasteiger partial charge in [0.25, 0.3) is 0 Å². The van der Waals surface area contributed by atoms with Crippen LogP contribution < -0.4 is 4.90 Å². The SMILES string of the molecule is CC1(C)c2ccccc2-c2ccc(N(c3ccc(-c4ccccc4)cc3)c3cc4c(cc3-c3ccccc3)-c3ccccc3C4(C)C)cc21. The van der Waals surface area contributed by atoms with Crippen LogP contribution >= 0.6 is 0 Å². The average Bonchev–Trinajstić information content (AvgIpc) is 3.51. The minimum atomic E-state index is -0.125. The summed E-state index contributed by atoms with van der Waals surface area (Å²) >= 11 is 0. The number of hydrogen-bond donors (Lipinski definition) is 0. The Kier molecular flexibility index (Phi) is 6.58. The van der Waals surface area contributed by atoms with Crippen LogP contribution in [0.5, 0.6) is 0 Å². The zero-order chi connectivity index (χ0) is 33.3. The monoisotopic (exact) mass is 629 g/mol. The summed E-state index contributed by atoms with van der Waals surface area (Å²) in [7, 11) is 0. The van der Waals surface area contributed by atoms with Crippen molar-refractivity contribution < 1.29 is 0 Å². The van der Waals surface area contributed by atoms with Crippen LogP contribution in [0.1, 0.15) is 49.9 Å². The predicted molar refractivity (Wildman–Crippen MR) is 207 cm³/mol. The quantitative estimate of drug-likeness (QED) is 0.183. The summed E-state index contributed by atoms with van der Waals surface area (Å²) in [5.74, 6) is 0. The molecule has 0 bridgehead atoms. The largest absolute Gasteiger partial charge is 0.310 e. The fourth-order valence-electron chi connectivity index (χ4n) is 8.46. The second-order valence-electron chi connectivity index (χ2n) is 14.6. The first-order valence-corrected chi connectivity index (χ1v) is 17.4. The zero-order valence-electron chi connectivity index (χ0n) is 28.5. The lowest BCUT2D eigenvalue weighted by Crippen LogP contribution is -2.18. The van der Waals surface area contributed by atoms with Crippen molar-refractivity contribution in [3.63, 3.8) is 0 Å². The van der Waals surface area contributed by atoms with Crippen molar-refractivity contribution >= 4 is 17.1 Å². The molecule has 0 aromatic heterocycles. The summed E-state index contributed by atoms with van der Waals surface area (Å²) in [5.41, 5.74) is 19.0. The van der Waals surface area contributed by atoms with Crippen LogP contribution in [0, 0.1) is 0 Å². The maximum Gasteiger partial charge on any atom is 0.0543 e. The van der Waals surface area contributed by atoms with Gasteiger partial charge in [-0.05, 0) is 97.6 Å². The van der Waals surface area contributed by atoms with E-state index in [1.165, 1.54) is 72.4 Å². The van der Waals surface area contributed by atoms with E-state index in [0.29, 0.717) is 0 Å². The van der Waals surface area contributed by atoms with Gasteiger partial charge in [-0.25, -0.2) is 0 Å². The molecular weight excluding hydrogens is 591 g/mol. The molecule has 7 aromatic carbocycles. The fraction of sp³-hybridized carbons (Fsp3) is 0.125. The third-order valence-electron chi connectivity index (χ3n) is 11.1. The van der Waals surface area contributed by atoms with E-state index in [4.69, 9.17) is 0 Å². The minimum Gasteiger partial charge on any atom is -0.310 e. The van der Waals surface area contributed by atoms with Crippen LogP contribution in [0.3, 0.4) is 0 Å². The maximum atomic E-state index is 2.50. The van der Waals surface area contributed by atoms with Crippen LogP contribution in [-0.4, -0.2) is 0 Å². The third kappa shape index (κ3) is 4.53. The molecular formula is C48H39N. The average molecular weight is 630 g/mol. The predicted octanol–water partition coefficient (Wildman–Crippen LogP) is 13.1. The van der Waals surface area contributed by atoms with Crippen LogP contribution in [0.15, 0.2) is 164 Å². The molecule has 0 saturated carbocycles. The maximum absolute atomic E-state index is 2.50. The van der Waals surface area contributed by atoms with E-state index in [0.717, 1.165) is 11.4 Å². The summed E-state index contributed by atoms with van der Waals surface area (Å²) < 4.78 is 0.